The zero-order valence-electron chi connectivity index (χ0n) is 10.8. The van der Waals surface area contributed by atoms with E-state index in [1.807, 2.05) is 0 Å². The fourth-order valence-electron chi connectivity index (χ4n) is 1.68. The minimum atomic E-state index is 0.552. The van der Waals surface area contributed by atoms with Crippen molar-refractivity contribution in [2.75, 3.05) is 12.3 Å². The lowest BCUT2D eigenvalue weighted by molar-refractivity contribution is 0.536. The molecule has 2 heterocycles. The normalized spacial score (nSPS) is 13.0. The van der Waals surface area contributed by atoms with E-state index in [0.717, 1.165) is 34.9 Å². The summed E-state index contributed by atoms with van der Waals surface area (Å²) >= 11 is 1.75. The van der Waals surface area contributed by atoms with Crippen LogP contribution in [0.2, 0.25) is 0 Å². The molecule has 0 aromatic carbocycles. The van der Waals surface area contributed by atoms with Gasteiger partial charge >= 0.3 is 0 Å². The number of H-pyrrole nitrogens is 1. The third kappa shape index (κ3) is 3.43. The number of nitrogens with one attached hydrogen (secondary N) is 2. The van der Waals surface area contributed by atoms with Gasteiger partial charge in [0.15, 0.2) is 5.65 Å². The maximum Gasteiger partial charge on any atom is 0.181 e. The van der Waals surface area contributed by atoms with E-state index < -0.39 is 0 Å². The molecule has 2 aromatic rings. The van der Waals surface area contributed by atoms with Crippen molar-refractivity contribution in [3.8, 4) is 0 Å². The Morgan fingerprint density at radius 1 is 1.39 bits per heavy atom. The van der Waals surface area contributed by atoms with Crippen molar-refractivity contribution in [3.05, 3.63) is 12.7 Å². The Balaban J connectivity index is 1.85. The maximum atomic E-state index is 4.30. The first kappa shape index (κ1) is 13.3. The second-order valence-electron chi connectivity index (χ2n) is 4.27. The van der Waals surface area contributed by atoms with Crippen molar-refractivity contribution in [1.29, 1.82) is 0 Å². The van der Waals surface area contributed by atoms with Crippen LogP contribution in [0.15, 0.2) is 17.7 Å². The van der Waals surface area contributed by atoms with Gasteiger partial charge in [0.25, 0.3) is 0 Å². The predicted octanol–water partition coefficient (Wildman–Crippen LogP) is 2.22. The minimum absolute atomic E-state index is 0.552. The van der Waals surface area contributed by atoms with Gasteiger partial charge in [-0.1, -0.05) is 6.92 Å². The summed E-state index contributed by atoms with van der Waals surface area (Å²) < 4.78 is 0. The zero-order chi connectivity index (χ0) is 12.8. The van der Waals surface area contributed by atoms with Crippen LogP contribution in [0, 0.1) is 0 Å². The molecule has 0 saturated heterocycles. The van der Waals surface area contributed by atoms with E-state index in [9.17, 15) is 0 Å². The quantitative estimate of drug-likeness (QED) is 0.593. The first-order valence-corrected chi connectivity index (χ1v) is 7.30. The molecule has 0 fully saturated rings. The molecule has 2 aromatic heterocycles. The van der Waals surface area contributed by atoms with Gasteiger partial charge in [0.1, 0.15) is 16.9 Å². The molecule has 0 aliphatic rings. The third-order valence-electron chi connectivity index (χ3n) is 2.72. The summed E-state index contributed by atoms with van der Waals surface area (Å²) in [7, 11) is 0. The van der Waals surface area contributed by atoms with Crippen LogP contribution < -0.4 is 5.32 Å². The van der Waals surface area contributed by atoms with Crippen LogP contribution in [-0.4, -0.2) is 38.3 Å². The Bertz CT molecular complexity index is 484. The fraction of sp³-hybridized carbons (Fsp3) is 0.583. The Labute approximate surface area is 111 Å². The molecule has 2 N–H and O–H groups in total. The SMILES string of the molecule is CCCNC(C)CCSc1ncnc2nc[nH]c12. The molecule has 0 amide bonds. The van der Waals surface area contributed by atoms with Gasteiger partial charge in [0, 0.05) is 11.8 Å². The van der Waals surface area contributed by atoms with Crippen molar-refractivity contribution >= 4 is 22.9 Å². The molecule has 0 saturated carbocycles. The number of nitrogens with zero attached hydrogens (tertiary/aromatic N) is 3. The second kappa shape index (κ2) is 6.70. The van der Waals surface area contributed by atoms with Gasteiger partial charge in [-0.3, -0.25) is 0 Å². The van der Waals surface area contributed by atoms with Gasteiger partial charge in [0.05, 0.1) is 6.33 Å². The average molecular weight is 265 g/mol. The highest BCUT2D eigenvalue weighted by Crippen LogP contribution is 2.22. The molecule has 2 rings (SSSR count). The number of imidazole rings is 1. The Kier molecular flexibility index (Phi) is 4.95. The summed E-state index contributed by atoms with van der Waals surface area (Å²) in [6.07, 6.45) is 5.54. The summed E-state index contributed by atoms with van der Waals surface area (Å²) in [5.41, 5.74) is 1.68. The van der Waals surface area contributed by atoms with Crippen LogP contribution >= 0.6 is 11.8 Å². The van der Waals surface area contributed by atoms with Crippen LogP contribution in [-0.2, 0) is 0 Å². The topological polar surface area (TPSA) is 66.5 Å². The van der Waals surface area contributed by atoms with E-state index >= 15 is 0 Å². The molecule has 0 aliphatic carbocycles. The molecule has 0 bridgehead atoms. The molecular weight excluding hydrogens is 246 g/mol. The molecule has 5 nitrogen and oxygen atoms in total. The highest BCUT2D eigenvalue weighted by molar-refractivity contribution is 7.99. The van der Waals surface area contributed by atoms with Gasteiger partial charge in [-0.25, -0.2) is 15.0 Å². The molecule has 1 unspecified atom stereocenters. The van der Waals surface area contributed by atoms with Crippen molar-refractivity contribution in [1.82, 2.24) is 25.3 Å². The van der Waals surface area contributed by atoms with Crippen LogP contribution in [0.1, 0.15) is 26.7 Å². The van der Waals surface area contributed by atoms with Crippen LogP contribution in [0.3, 0.4) is 0 Å². The minimum Gasteiger partial charge on any atom is -0.341 e. The smallest absolute Gasteiger partial charge is 0.181 e. The maximum absolute atomic E-state index is 4.30. The molecule has 0 spiro atoms. The van der Waals surface area contributed by atoms with Gasteiger partial charge < -0.3 is 10.3 Å². The lowest BCUT2D eigenvalue weighted by Crippen LogP contribution is -2.27. The number of rotatable bonds is 7. The van der Waals surface area contributed by atoms with Gasteiger partial charge in [-0.15, -0.1) is 11.8 Å². The lowest BCUT2D eigenvalue weighted by Gasteiger charge is -2.12. The predicted molar refractivity (Wildman–Crippen MR) is 74.8 cm³/mol. The Hall–Kier alpha value is -1.14. The number of hydrogen-bond acceptors (Lipinski definition) is 5. The number of aromatic amines is 1. The van der Waals surface area contributed by atoms with Crippen molar-refractivity contribution in [2.24, 2.45) is 0 Å². The summed E-state index contributed by atoms with van der Waals surface area (Å²) in [6.45, 7) is 5.50. The summed E-state index contributed by atoms with van der Waals surface area (Å²) in [6, 6.07) is 0.552. The number of hydrogen-bond donors (Lipinski definition) is 2. The van der Waals surface area contributed by atoms with E-state index in [0.29, 0.717) is 6.04 Å². The highest BCUT2D eigenvalue weighted by atomic mass is 32.2. The number of aromatic nitrogens is 4. The highest BCUT2D eigenvalue weighted by Gasteiger charge is 2.07. The molecule has 18 heavy (non-hydrogen) atoms. The third-order valence-corrected chi connectivity index (χ3v) is 3.74. The fourth-order valence-corrected chi connectivity index (χ4v) is 2.76. The van der Waals surface area contributed by atoms with Crippen LogP contribution in [0.4, 0.5) is 0 Å². The van der Waals surface area contributed by atoms with Crippen LogP contribution in [0.25, 0.3) is 11.2 Å². The van der Waals surface area contributed by atoms with Crippen molar-refractivity contribution in [2.45, 2.75) is 37.8 Å². The van der Waals surface area contributed by atoms with Crippen LogP contribution in [0.5, 0.6) is 0 Å². The molecule has 6 heteroatoms. The van der Waals surface area contributed by atoms with Gasteiger partial charge in [-0.2, -0.15) is 0 Å². The van der Waals surface area contributed by atoms with E-state index in [2.05, 4.69) is 39.1 Å². The van der Waals surface area contributed by atoms with Gasteiger partial charge in [0.2, 0.25) is 0 Å². The number of fused-ring (bicyclic) bond motifs is 1. The van der Waals surface area contributed by atoms with E-state index in [1.54, 1.807) is 24.4 Å². The van der Waals surface area contributed by atoms with E-state index in [4.69, 9.17) is 0 Å². The summed E-state index contributed by atoms with van der Waals surface area (Å²) in [5, 5.41) is 4.47. The molecule has 0 radical (unpaired) electrons. The van der Waals surface area contributed by atoms with E-state index in [-0.39, 0.29) is 0 Å². The van der Waals surface area contributed by atoms with Gasteiger partial charge in [-0.05, 0) is 26.3 Å². The summed E-state index contributed by atoms with van der Waals surface area (Å²) in [5.74, 6) is 1.04. The standard InChI is InChI=1S/C12H19N5S/c1-3-5-13-9(2)4-6-18-12-10-11(15-7-14-10)16-8-17-12/h7-9,13H,3-6H2,1-2H3,(H,14,15,16,17). The molecule has 0 aliphatic heterocycles. The average Bonchev–Trinajstić information content (AvgIpc) is 2.85. The Morgan fingerprint density at radius 3 is 3.11 bits per heavy atom. The molecule has 1 atom stereocenters. The first-order valence-electron chi connectivity index (χ1n) is 6.31. The zero-order valence-corrected chi connectivity index (χ0v) is 11.6. The number of thioether (sulfide) groups is 1. The largest absolute Gasteiger partial charge is 0.341 e. The summed E-state index contributed by atoms with van der Waals surface area (Å²) in [4.78, 5) is 15.6. The van der Waals surface area contributed by atoms with Crippen molar-refractivity contribution < 1.29 is 0 Å². The lowest BCUT2D eigenvalue weighted by atomic mass is 10.2. The monoisotopic (exact) mass is 265 g/mol. The molecule has 98 valence electrons. The first-order chi connectivity index (χ1) is 8.81. The van der Waals surface area contributed by atoms with E-state index in [1.165, 1.54) is 6.42 Å². The molecular formula is C12H19N5S. The second-order valence-corrected chi connectivity index (χ2v) is 5.36. The Morgan fingerprint density at radius 2 is 2.28 bits per heavy atom. The van der Waals surface area contributed by atoms with Crippen molar-refractivity contribution in [3.63, 3.8) is 0 Å².